The number of nitrogens with one attached hydrogen (secondary N) is 2. The molecule has 2 bridgehead atoms. The van der Waals surface area contributed by atoms with Crippen molar-refractivity contribution in [1.29, 1.82) is 0 Å². The summed E-state index contributed by atoms with van der Waals surface area (Å²) in [7, 11) is 0. The number of aliphatic hydroxyl groups is 1. The molecule has 2 amide bonds. The van der Waals surface area contributed by atoms with Crippen LogP contribution in [0.25, 0.3) is 0 Å². The van der Waals surface area contributed by atoms with E-state index in [4.69, 9.17) is 4.74 Å². The molecular formula is C29H33N3O6S2. The van der Waals surface area contributed by atoms with E-state index >= 15 is 0 Å². The average molecular weight is 584 g/mol. The number of carbonyl (C=O) groups excluding carboxylic acids is 3. The van der Waals surface area contributed by atoms with Crippen molar-refractivity contribution in [3.63, 3.8) is 0 Å². The third-order valence-electron chi connectivity index (χ3n) is 8.09. The molecule has 6 atom stereocenters. The molecule has 11 heteroatoms. The van der Waals surface area contributed by atoms with Gasteiger partial charge >= 0.3 is 5.97 Å². The summed E-state index contributed by atoms with van der Waals surface area (Å²) >= 11 is 3.07. The van der Waals surface area contributed by atoms with Crippen molar-refractivity contribution >= 4 is 47.0 Å². The highest BCUT2D eigenvalue weighted by Gasteiger charge is 2.75. The minimum Gasteiger partial charge on any atom is -0.466 e. The smallest absolute Gasteiger partial charge is 0.305 e. The highest BCUT2D eigenvalue weighted by atomic mass is 32.2. The van der Waals surface area contributed by atoms with Gasteiger partial charge < -0.3 is 25.7 Å². The van der Waals surface area contributed by atoms with Crippen molar-refractivity contribution in [3.05, 3.63) is 71.8 Å². The third-order valence-corrected chi connectivity index (χ3v) is 11.2. The maximum absolute atomic E-state index is 13.5. The molecule has 2 aliphatic heterocycles. The van der Waals surface area contributed by atoms with E-state index in [0.29, 0.717) is 42.0 Å². The standard InChI is InChI=1S/C29H33N3O6S2/c1-2-38-22(33)15-9-14-20-23-24(32-37)28(17-40-23,31-27(35)19-12-7-4-8-13-19)29(36)21(16-39-25(20)29)30-26(34)18-10-5-3-6-11-18/h3-8,10-13,20-21,23,25,36-37H,2,9,14-17H2,1H3,(H,30,34)(H,31,35)/b32-24-/t20-,21-,23-,25-,28-,29+/m1/s1. The second-order valence-electron chi connectivity index (χ2n) is 10.3. The van der Waals surface area contributed by atoms with Gasteiger partial charge in [-0.25, -0.2) is 0 Å². The Kier molecular flexibility index (Phi) is 8.44. The highest BCUT2D eigenvalue weighted by molar-refractivity contribution is 8.02. The molecule has 2 aromatic rings. The molecule has 4 N–H and O–H groups in total. The third kappa shape index (κ3) is 4.88. The zero-order chi connectivity index (χ0) is 28.3. The minimum absolute atomic E-state index is 0.164. The first-order valence-electron chi connectivity index (χ1n) is 13.4. The Morgan fingerprint density at radius 1 is 1.02 bits per heavy atom. The number of thioether (sulfide) groups is 2. The monoisotopic (exact) mass is 583 g/mol. The molecule has 0 radical (unpaired) electrons. The molecule has 2 aromatic carbocycles. The van der Waals surface area contributed by atoms with E-state index in [-0.39, 0.29) is 35.2 Å². The largest absolute Gasteiger partial charge is 0.466 e. The van der Waals surface area contributed by atoms with E-state index in [2.05, 4.69) is 15.8 Å². The summed E-state index contributed by atoms with van der Waals surface area (Å²) < 4.78 is 5.09. The molecule has 0 spiro atoms. The molecule has 1 aliphatic carbocycles. The highest BCUT2D eigenvalue weighted by Crippen LogP contribution is 2.59. The van der Waals surface area contributed by atoms with E-state index in [1.165, 1.54) is 11.8 Å². The first kappa shape index (κ1) is 28.5. The lowest BCUT2D eigenvalue weighted by molar-refractivity contribution is -0.143. The number of hydrogen-bond acceptors (Lipinski definition) is 9. The molecule has 9 nitrogen and oxygen atoms in total. The molecule has 3 fully saturated rings. The van der Waals surface area contributed by atoms with Crippen LogP contribution in [0.2, 0.25) is 0 Å². The van der Waals surface area contributed by atoms with Crippen LogP contribution >= 0.6 is 23.5 Å². The van der Waals surface area contributed by atoms with Gasteiger partial charge in [-0.3, -0.25) is 14.4 Å². The second-order valence-corrected chi connectivity index (χ2v) is 12.6. The van der Waals surface area contributed by atoms with E-state index in [0.717, 1.165) is 0 Å². The van der Waals surface area contributed by atoms with Crippen LogP contribution in [0.3, 0.4) is 0 Å². The molecule has 212 valence electrons. The molecule has 2 heterocycles. The summed E-state index contributed by atoms with van der Waals surface area (Å²) in [4.78, 5) is 38.8. The van der Waals surface area contributed by atoms with Gasteiger partial charge in [0.2, 0.25) is 0 Å². The Balaban J connectivity index is 1.50. The lowest BCUT2D eigenvalue weighted by atomic mass is 9.61. The first-order chi connectivity index (χ1) is 19.4. The molecule has 1 saturated carbocycles. The Bertz CT molecular complexity index is 1280. The van der Waals surface area contributed by atoms with Gasteiger partial charge in [0.25, 0.3) is 11.8 Å². The van der Waals surface area contributed by atoms with E-state index in [1.54, 1.807) is 67.2 Å². The van der Waals surface area contributed by atoms with Gasteiger partial charge in [0.1, 0.15) is 11.1 Å². The van der Waals surface area contributed by atoms with Crippen LogP contribution in [0.15, 0.2) is 65.8 Å². The summed E-state index contributed by atoms with van der Waals surface area (Å²) in [6.45, 7) is 2.08. The van der Waals surface area contributed by atoms with Crippen molar-refractivity contribution in [1.82, 2.24) is 10.6 Å². The maximum Gasteiger partial charge on any atom is 0.305 e. The molecule has 2 saturated heterocycles. The van der Waals surface area contributed by atoms with Gasteiger partial charge in [-0.05, 0) is 49.9 Å². The Morgan fingerprint density at radius 3 is 2.30 bits per heavy atom. The normalized spacial score (nSPS) is 31.4. The maximum atomic E-state index is 13.5. The van der Waals surface area contributed by atoms with Crippen LogP contribution in [0.5, 0.6) is 0 Å². The van der Waals surface area contributed by atoms with E-state index in [9.17, 15) is 24.7 Å². The van der Waals surface area contributed by atoms with Crippen molar-refractivity contribution in [2.24, 2.45) is 11.1 Å². The van der Waals surface area contributed by atoms with Crippen LogP contribution in [0, 0.1) is 5.92 Å². The van der Waals surface area contributed by atoms with Crippen LogP contribution in [0.4, 0.5) is 0 Å². The van der Waals surface area contributed by atoms with Crippen molar-refractivity contribution in [2.75, 3.05) is 18.1 Å². The van der Waals surface area contributed by atoms with E-state index in [1.807, 2.05) is 12.1 Å². The van der Waals surface area contributed by atoms with Crippen LogP contribution in [-0.4, -0.2) is 79.6 Å². The topological polar surface area (TPSA) is 137 Å². The minimum atomic E-state index is -1.66. The van der Waals surface area contributed by atoms with Crippen LogP contribution < -0.4 is 10.6 Å². The predicted octanol–water partition coefficient (Wildman–Crippen LogP) is 3.11. The summed E-state index contributed by atoms with van der Waals surface area (Å²) in [6.07, 6.45) is 1.36. The number of hydrogen-bond donors (Lipinski definition) is 4. The lowest BCUT2D eigenvalue weighted by Gasteiger charge is -2.53. The van der Waals surface area contributed by atoms with Crippen molar-refractivity contribution in [3.8, 4) is 0 Å². The number of oxime groups is 1. The summed E-state index contributed by atoms with van der Waals surface area (Å²) in [5.41, 5.74) is -1.91. The summed E-state index contributed by atoms with van der Waals surface area (Å²) in [5.74, 6) is -0.494. The summed E-state index contributed by atoms with van der Waals surface area (Å²) in [6, 6.07) is 16.7. The Hall–Kier alpha value is -3.02. The number of nitrogens with zero attached hydrogens (tertiary/aromatic N) is 1. The fraction of sp³-hybridized carbons (Fsp3) is 0.448. The Labute approximate surface area is 241 Å². The average Bonchev–Trinajstić information content (AvgIpc) is 3.48. The molecule has 5 rings (SSSR count). The zero-order valence-corrected chi connectivity index (χ0v) is 23.7. The van der Waals surface area contributed by atoms with Crippen molar-refractivity contribution < 1.29 is 29.4 Å². The summed E-state index contributed by atoms with van der Waals surface area (Å²) in [5, 5.41) is 32.3. The molecule has 0 aromatic heterocycles. The molecule has 40 heavy (non-hydrogen) atoms. The van der Waals surface area contributed by atoms with Gasteiger partial charge in [-0.2, -0.15) is 11.8 Å². The quantitative estimate of drug-likeness (QED) is 0.201. The van der Waals surface area contributed by atoms with Gasteiger partial charge in [-0.15, -0.1) is 11.8 Å². The Morgan fingerprint density at radius 2 is 1.68 bits per heavy atom. The SMILES string of the molecule is CCOC(=O)CCC[C@H]1[C@H]2SC[C@@H](NC(=O)c3ccccc3)[C@@]2(O)[C@@]2(NC(=O)c3ccccc3)CS[C@H]1/C2=N/O. The van der Waals surface area contributed by atoms with Crippen LogP contribution in [0.1, 0.15) is 46.9 Å². The van der Waals surface area contributed by atoms with Crippen LogP contribution in [-0.2, 0) is 9.53 Å². The molecule has 3 aliphatic rings. The number of fused-ring (bicyclic) bond motifs is 4. The number of ether oxygens (including phenoxy) is 1. The zero-order valence-electron chi connectivity index (χ0n) is 22.1. The van der Waals surface area contributed by atoms with Crippen molar-refractivity contribution in [2.45, 2.75) is 53.9 Å². The fourth-order valence-corrected chi connectivity index (χ4v) is 10.1. The lowest BCUT2D eigenvalue weighted by Crippen LogP contribution is -2.80. The molecule has 0 unspecified atom stereocenters. The molecular weight excluding hydrogens is 550 g/mol. The number of amides is 2. The van der Waals surface area contributed by atoms with E-state index < -0.39 is 28.3 Å². The number of carbonyl (C=O) groups is 3. The number of benzene rings is 2. The van der Waals surface area contributed by atoms with Gasteiger partial charge in [0.15, 0.2) is 0 Å². The second kappa shape index (κ2) is 11.8. The van der Waals surface area contributed by atoms with Gasteiger partial charge in [0, 0.05) is 34.3 Å². The van der Waals surface area contributed by atoms with Gasteiger partial charge in [0.05, 0.1) is 23.6 Å². The van der Waals surface area contributed by atoms with Gasteiger partial charge in [-0.1, -0.05) is 41.6 Å². The number of esters is 1. The predicted molar refractivity (Wildman–Crippen MR) is 155 cm³/mol. The first-order valence-corrected chi connectivity index (χ1v) is 15.5. The number of rotatable bonds is 9. The fourth-order valence-electron chi connectivity index (χ4n) is 6.26.